The van der Waals surface area contributed by atoms with Gasteiger partial charge in [0, 0.05) is 17.0 Å². The second-order valence-corrected chi connectivity index (χ2v) is 2.67. The molecule has 0 aliphatic rings. The smallest absolute Gasteiger partial charge is 0.0851 e. The minimum atomic E-state index is -2.30. The summed E-state index contributed by atoms with van der Waals surface area (Å²) in [4.78, 5) is 0. The van der Waals surface area contributed by atoms with Crippen molar-refractivity contribution in [3.63, 3.8) is 0 Å². The van der Waals surface area contributed by atoms with Gasteiger partial charge in [-0.15, -0.1) is 0 Å². The van der Waals surface area contributed by atoms with Gasteiger partial charge in [0.05, 0.1) is 5.69 Å². The van der Waals surface area contributed by atoms with E-state index in [0.717, 1.165) is 0 Å². The summed E-state index contributed by atoms with van der Waals surface area (Å²) in [7, 11) is 0. The first-order valence-corrected chi connectivity index (χ1v) is 4.13. The minimum absolute atomic E-state index is 0.454. The molecule has 0 radical (unpaired) electrons. The fourth-order valence-corrected chi connectivity index (χ4v) is 1.03. The quantitative estimate of drug-likeness (QED) is 0.551. The van der Waals surface area contributed by atoms with E-state index in [0.29, 0.717) is 11.4 Å². The van der Waals surface area contributed by atoms with E-state index in [1.54, 1.807) is 12.1 Å². The average molecular weight is 184 g/mol. The first-order chi connectivity index (χ1) is 5.72. The van der Waals surface area contributed by atoms with Crippen LogP contribution in [0.3, 0.4) is 0 Å². The Hall–Kier alpha value is -1.27. The summed E-state index contributed by atoms with van der Waals surface area (Å²) < 4.78 is 22.5. The van der Waals surface area contributed by atoms with E-state index >= 15 is 0 Å². The van der Waals surface area contributed by atoms with Crippen molar-refractivity contribution in [2.24, 2.45) is 5.11 Å². The molecule has 0 saturated heterocycles. The minimum Gasteiger partial charge on any atom is -0.755 e. The molecule has 0 fully saturated rings. The molecule has 6 heteroatoms. The van der Waals surface area contributed by atoms with Crippen LogP contribution in [0.5, 0.6) is 0 Å². The van der Waals surface area contributed by atoms with Crippen molar-refractivity contribution < 1.29 is 8.76 Å². The zero-order chi connectivity index (χ0) is 8.97. The van der Waals surface area contributed by atoms with E-state index < -0.39 is 11.3 Å². The first-order valence-electron chi connectivity index (χ1n) is 3.06. The van der Waals surface area contributed by atoms with Crippen molar-refractivity contribution in [2.45, 2.75) is 0 Å². The maximum absolute atomic E-state index is 10.2. The van der Waals surface area contributed by atoms with E-state index in [1.807, 2.05) is 0 Å². The van der Waals surface area contributed by atoms with Crippen LogP contribution in [0.1, 0.15) is 0 Å². The molecule has 2 N–H and O–H groups in total. The lowest BCUT2D eigenvalue weighted by molar-refractivity contribution is 0.542. The highest BCUT2D eigenvalue weighted by Gasteiger charge is 1.90. The van der Waals surface area contributed by atoms with E-state index in [9.17, 15) is 8.76 Å². The van der Waals surface area contributed by atoms with Crippen LogP contribution in [0.2, 0.25) is 0 Å². The zero-order valence-electron chi connectivity index (χ0n) is 5.98. The Morgan fingerprint density at radius 2 is 2.00 bits per heavy atom. The Kier molecular flexibility index (Phi) is 2.89. The number of anilines is 1. The summed E-state index contributed by atoms with van der Waals surface area (Å²) in [5.41, 5.74) is 7.58. The molecule has 1 aromatic rings. The molecule has 12 heavy (non-hydrogen) atoms. The summed E-state index contributed by atoms with van der Waals surface area (Å²) in [5.74, 6) is 0. The molecule has 1 unspecified atom stereocenters. The first kappa shape index (κ1) is 8.82. The molecule has 0 aromatic heterocycles. The molecule has 5 nitrogen and oxygen atoms in total. The third kappa shape index (κ3) is 2.40. The van der Waals surface area contributed by atoms with Crippen molar-refractivity contribution in [3.8, 4) is 0 Å². The highest BCUT2D eigenvalue weighted by Crippen LogP contribution is 2.15. The molecule has 0 aliphatic heterocycles. The third-order valence-corrected chi connectivity index (χ3v) is 1.60. The van der Waals surface area contributed by atoms with Crippen LogP contribution in [-0.2, 0) is 11.3 Å². The molecule has 0 aliphatic carbocycles. The summed E-state index contributed by atoms with van der Waals surface area (Å²) in [6.45, 7) is 0. The second kappa shape index (κ2) is 3.93. The van der Waals surface area contributed by atoms with Gasteiger partial charge in [-0.3, -0.25) is 4.21 Å². The molecule has 64 valence electrons. The number of benzene rings is 1. The predicted octanol–water partition coefficient (Wildman–Crippen LogP) is 1.56. The largest absolute Gasteiger partial charge is 0.755 e. The predicted molar refractivity (Wildman–Crippen MR) is 43.8 cm³/mol. The molecular formula is C6H6N3O2S-. The van der Waals surface area contributed by atoms with Crippen molar-refractivity contribution >= 4 is 22.6 Å². The van der Waals surface area contributed by atoms with E-state index in [-0.39, 0.29) is 0 Å². The number of nitrogens with zero attached hydrogens (tertiary/aromatic N) is 1. The SMILES string of the molecule is N=Nc1ccc(NS(=O)[O-])cc1. The summed E-state index contributed by atoms with van der Waals surface area (Å²) >= 11 is -2.30. The molecule has 0 spiro atoms. The maximum Gasteiger partial charge on any atom is 0.0851 e. The monoisotopic (exact) mass is 184 g/mol. The summed E-state index contributed by atoms with van der Waals surface area (Å²) in [6.07, 6.45) is 0. The number of nitrogens with one attached hydrogen (secondary N) is 2. The fraction of sp³-hybridized carbons (Fsp3) is 0. The Balaban J connectivity index is 2.77. The van der Waals surface area contributed by atoms with Crippen LogP contribution < -0.4 is 4.72 Å². The molecule has 1 atom stereocenters. The molecule has 0 saturated carbocycles. The van der Waals surface area contributed by atoms with Gasteiger partial charge in [0.25, 0.3) is 0 Å². The summed E-state index contributed by atoms with van der Waals surface area (Å²) in [6, 6.07) is 6.15. The Labute approximate surface area is 71.7 Å². The molecule has 0 amide bonds. The maximum atomic E-state index is 10.2. The zero-order valence-corrected chi connectivity index (χ0v) is 6.80. The van der Waals surface area contributed by atoms with Gasteiger partial charge in [0.15, 0.2) is 0 Å². The number of rotatable bonds is 3. The van der Waals surface area contributed by atoms with Crippen LogP contribution in [-0.4, -0.2) is 8.76 Å². The Morgan fingerprint density at radius 1 is 1.42 bits per heavy atom. The van der Waals surface area contributed by atoms with Gasteiger partial charge in [-0.1, -0.05) is 0 Å². The van der Waals surface area contributed by atoms with Crippen molar-refractivity contribution in [1.82, 2.24) is 0 Å². The van der Waals surface area contributed by atoms with Gasteiger partial charge >= 0.3 is 0 Å². The number of hydrogen-bond donors (Lipinski definition) is 2. The molecule has 1 aromatic carbocycles. The van der Waals surface area contributed by atoms with Crippen LogP contribution in [0.15, 0.2) is 29.4 Å². The van der Waals surface area contributed by atoms with Gasteiger partial charge in [-0.05, 0) is 24.3 Å². The normalized spacial score (nSPS) is 12.1. The van der Waals surface area contributed by atoms with E-state index in [4.69, 9.17) is 5.53 Å². The van der Waals surface area contributed by atoms with Gasteiger partial charge in [-0.25, -0.2) is 5.53 Å². The molecule has 0 heterocycles. The Morgan fingerprint density at radius 3 is 2.42 bits per heavy atom. The fourth-order valence-electron chi connectivity index (χ4n) is 0.700. The van der Waals surface area contributed by atoms with Gasteiger partial charge < -0.3 is 9.27 Å². The van der Waals surface area contributed by atoms with Crippen molar-refractivity contribution in [3.05, 3.63) is 24.3 Å². The molecular weight excluding hydrogens is 178 g/mol. The van der Waals surface area contributed by atoms with Crippen LogP contribution in [0, 0.1) is 5.53 Å². The van der Waals surface area contributed by atoms with Crippen molar-refractivity contribution in [1.29, 1.82) is 5.53 Å². The second-order valence-electron chi connectivity index (χ2n) is 2.00. The van der Waals surface area contributed by atoms with Gasteiger partial charge in [0.2, 0.25) is 0 Å². The van der Waals surface area contributed by atoms with Gasteiger partial charge in [0.1, 0.15) is 0 Å². The van der Waals surface area contributed by atoms with Crippen LogP contribution in [0.4, 0.5) is 11.4 Å². The third-order valence-electron chi connectivity index (χ3n) is 1.20. The van der Waals surface area contributed by atoms with E-state index in [1.165, 1.54) is 12.1 Å². The average Bonchev–Trinajstić information content (AvgIpc) is 2.05. The highest BCUT2D eigenvalue weighted by atomic mass is 32.2. The molecule has 0 bridgehead atoms. The highest BCUT2D eigenvalue weighted by molar-refractivity contribution is 7.80. The van der Waals surface area contributed by atoms with E-state index in [2.05, 4.69) is 9.84 Å². The standard InChI is InChI=1S/C6H7N3O2S/c7-8-5-1-3-6(4-2-5)9-12(10)11/h1-4,7,9H,(H,10,11)/p-1. The van der Waals surface area contributed by atoms with Crippen LogP contribution >= 0.6 is 0 Å². The van der Waals surface area contributed by atoms with Crippen molar-refractivity contribution in [2.75, 3.05) is 4.72 Å². The molecule has 1 rings (SSSR count). The number of hydrogen-bond acceptors (Lipinski definition) is 4. The Bertz CT molecular complexity index is 298. The topological polar surface area (TPSA) is 88.4 Å². The lowest BCUT2D eigenvalue weighted by atomic mass is 10.3. The lowest BCUT2D eigenvalue weighted by Gasteiger charge is -2.07. The summed E-state index contributed by atoms with van der Waals surface area (Å²) in [5, 5.41) is 3.16. The van der Waals surface area contributed by atoms with Crippen LogP contribution in [0.25, 0.3) is 0 Å². The lowest BCUT2D eigenvalue weighted by Crippen LogP contribution is -2.01. The van der Waals surface area contributed by atoms with Gasteiger partial charge in [-0.2, -0.15) is 5.11 Å².